The Morgan fingerprint density at radius 2 is 1.93 bits per heavy atom. The minimum absolute atomic E-state index is 0.00939. The van der Waals surface area contributed by atoms with E-state index >= 15 is 0 Å². The molecule has 0 spiro atoms. The minimum Gasteiger partial charge on any atom is -0.497 e. The molecule has 1 N–H and O–H groups in total. The molecule has 5 heteroatoms. The number of amides is 1. The highest BCUT2D eigenvalue weighted by atomic mass is 16.5. The maximum atomic E-state index is 12.8. The van der Waals surface area contributed by atoms with Gasteiger partial charge in [-0.1, -0.05) is 6.07 Å². The second-order valence-corrected chi connectivity index (χ2v) is 7.37. The van der Waals surface area contributed by atoms with E-state index in [2.05, 4.69) is 17.3 Å². The lowest BCUT2D eigenvalue weighted by molar-refractivity contribution is 0.0932. The number of nitrogens with zero attached hydrogens (tertiary/aromatic N) is 2. The average molecular weight is 375 g/mol. The van der Waals surface area contributed by atoms with E-state index in [1.165, 1.54) is 11.3 Å². The van der Waals surface area contributed by atoms with Crippen LogP contribution in [-0.4, -0.2) is 22.8 Å². The quantitative estimate of drug-likeness (QED) is 0.739. The van der Waals surface area contributed by atoms with Crippen molar-refractivity contribution in [2.45, 2.75) is 39.2 Å². The highest BCUT2D eigenvalue weighted by molar-refractivity contribution is 5.94. The molecule has 0 saturated carbocycles. The van der Waals surface area contributed by atoms with Crippen LogP contribution in [0.3, 0.4) is 0 Å². The summed E-state index contributed by atoms with van der Waals surface area (Å²) in [6.45, 7) is 4.09. The van der Waals surface area contributed by atoms with Crippen molar-refractivity contribution in [3.05, 3.63) is 76.6 Å². The number of carbonyl (C=O) groups excluding carboxylic acids is 1. The van der Waals surface area contributed by atoms with Crippen LogP contribution in [0.5, 0.6) is 5.75 Å². The zero-order valence-corrected chi connectivity index (χ0v) is 16.5. The second kappa shape index (κ2) is 7.50. The fourth-order valence-electron chi connectivity index (χ4n) is 3.78. The monoisotopic (exact) mass is 375 g/mol. The van der Waals surface area contributed by atoms with Crippen molar-refractivity contribution in [2.24, 2.45) is 0 Å². The molecule has 4 rings (SSSR count). The van der Waals surface area contributed by atoms with E-state index in [1.54, 1.807) is 7.11 Å². The van der Waals surface area contributed by atoms with E-state index in [0.717, 1.165) is 41.8 Å². The maximum absolute atomic E-state index is 12.8. The van der Waals surface area contributed by atoms with Crippen LogP contribution >= 0.6 is 0 Å². The van der Waals surface area contributed by atoms with Crippen molar-refractivity contribution in [1.82, 2.24) is 15.1 Å². The van der Waals surface area contributed by atoms with Gasteiger partial charge in [-0.3, -0.25) is 4.79 Å². The Hall–Kier alpha value is -3.08. The molecule has 2 aromatic carbocycles. The van der Waals surface area contributed by atoms with Gasteiger partial charge in [0.05, 0.1) is 25.0 Å². The number of aryl methyl sites for hydroxylation is 2. The van der Waals surface area contributed by atoms with Crippen molar-refractivity contribution < 1.29 is 9.53 Å². The fraction of sp³-hybridized carbons (Fsp3) is 0.304. The van der Waals surface area contributed by atoms with E-state index in [9.17, 15) is 4.79 Å². The number of carbonyl (C=O) groups is 1. The first kappa shape index (κ1) is 18.3. The Morgan fingerprint density at radius 1 is 1.14 bits per heavy atom. The first-order chi connectivity index (χ1) is 13.6. The summed E-state index contributed by atoms with van der Waals surface area (Å²) in [4.78, 5) is 12.8. The average Bonchev–Trinajstić information content (AvgIpc) is 3.15. The molecule has 1 aromatic heterocycles. The van der Waals surface area contributed by atoms with E-state index < -0.39 is 0 Å². The molecule has 28 heavy (non-hydrogen) atoms. The Bertz CT molecular complexity index is 1010. The van der Waals surface area contributed by atoms with Crippen LogP contribution in [-0.2, 0) is 6.42 Å². The van der Waals surface area contributed by atoms with Crippen molar-refractivity contribution in [3.63, 3.8) is 0 Å². The molecule has 0 saturated heterocycles. The highest BCUT2D eigenvalue weighted by Gasteiger charge is 2.26. The summed E-state index contributed by atoms with van der Waals surface area (Å²) in [7, 11) is 1.66. The summed E-state index contributed by atoms with van der Waals surface area (Å²) in [5.74, 6) is 0.793. The predicted octanol–water partition coefficient (Wildman–Crippen LogP) is 4.31. The predicted molar refractivity (Wildman–Crippen MR) is 109 cm³/mol. The largest absolute Gasteiger partial charge is 0.497 e. The van der Waals surface area contributed by atoms with Gasteiger partial charge in [-0.15, -0.1) is 0 Å². The van der Waals surface area contributed by atoms with E-state index in [0.29, 0.717) is 5.56 Å². The number of fused-ring (bicyclic) bond motifs is 1. The van der Waals surface area contributed by atoms with Gasteiger partial charge >= 0.3 is 0 Å². The molecular weight excluding hydrogens is 350 g/mol. The van der Waals surface area contributed by atoms with Gasteiger partial charge in [-0.05, 0) is 80.6 Å². The third-order valence-corrected chi connectivity index (χ3v) is 5.57. The summed E-state index contributed by atoms with van der Waals surface area (Å²) in [5.41, 5.74) is 6.31. The lowest BCUT2D eigenvalue weighted by Crippen LogP contribution is -2.31. The van der Waals surface area contributed by atoms with E-state index in [1.807, 2.05) is 60.3 Å². The number of hydrogen-bond acceptors (Lipinski definition) is 3. The topological polar surface area (TPSA) is 56.1 Å². The van der Waals surface area contributed by atoms with Crippen molar-refractivity contribution in [3.8, 4) is 11.4 Å². The molecule has 1 aliphatic rings. The van der Waals surface area contributed by atoms with Gasteiger partial charge < -0.3 is 10.1 Å². The number of aromatic nitrogens is 2. The molecule has 0 bridgehead atoms. The lowest BCUT2D eigenvalue weighted by Gasteiger charge is -2.24. The first-order valence-corrected chi connectivity index (χ1v) is 9.66. The van der Waals surface area contributed by atoms with Crippen molar-refractivity contribution in [2.75, 3.05) is 7.11 Å². The van der Waals surface area contributed by atoms with Crippen molar-refractivity contribution in [1.29, 1.82) is 0 Å². The van der Waals surface area contributed by atoms with Crippen LogP contribution in [0.25, 0.3) is 5.69 Å². The third kappa shape index (κ3) is 3.40. The zero-order chi connectivity index (χ0) is 19.7. The Balaban J connectivity index is 1.58. The van der Waals surface area contributed by atoms with E-state index in [-0.39, 0.29) is 11.9 Å². The minimum atomic E-state index is -0.0295. The standard InChI is InChI=1S/C23H25N3O2/c1-15-7-8-17(13-16(15)2)23(27)25-21-5-4-6-22-20(21)14-24-26(22)18-9-11-19(28-3)12-10-18/h7-14,21H,4-6H2,1-3H3,(H,25,27). The molecule has 1 unspecified atom stereocenters. The van der Waals surface area contributed by atoms with Gasteiger partial charge in [0.15, 0.2) is 0 Å². The number of ether oxygens (including phenoxy) is 1. The van der Waals surface area contributed by atoms with Gasteiger partial charge in [0, 0.05) is 16.8 Å². The molecule has 0 aliphatic heterocycles. The van der Waals surface area contributed by atoms with Crippen LogP contribution < -0.4 is 10.1 Å². The summed E-state index contributed by atoms with van der Waals surface area (Å²) < 4.78 is 7.22. The smallest absolute Gasteiger partial charge is 0.251 e. The Morgan fingerprint density at radius 3 is 2.64 bits per heavy atom. The van der Waals surface area contributed by atoms with Gasteiger partial charge in [-0.25, -0.2) is 4.68 Å². The van der Waals surface area contributed by atoms with Crippen LogP contribution in [0.4, 0.5) is 0 Å². The van der Waals surface area contributed by atoms with Gasteiger partial charge in [-0.2, -0.15) is 5.10 Å². The van der Waals surface area contributed by atoms with E-state index in [4.69, 9.17) is 4.74 Å². The number of hydrogen-bond donors (Lipinski definition) is 1. The fourth-order valence-corrected chi connectivity index (χ4v) is 3.78. The lowest BCUT2D eigenvalue weighted by atomic mass is 9.92. The molecule has 1 heterocycles. The number of benzene rings is 2. The molecular formula is C23H25N3O2. The van der Waals surface area contributed by atoms with Crippen molar-refractivity contribution >= 4 is 5.91 Å². The molecule has 144 valence electrons. The molecule has 0 radical (unpaired) electrons. The summed E-state index contributed by atoms with van der Waals surface area (Å²) in [6.07, 6.45) is 4.80. The number of rotatable bonds is 4. The third-order valence-electron chi connectivity index (χ3n) is 5.57. The molecule has 3 aromatic rings. The van der Waals surface area contributed by atoms with Crippen LogP contribution in [0.1, 0.15) is 51.6 Å². The number of methoxy groups -OCH3 is 1. The SMILES string of the molecule is COc1ccc(-n2ncc3c2CCCC3NC(=O)c2ccc(C)c(C)c2)cc1. The second-order valence-electron chi connectivity index (χ2n) is 7.37. The van der Waals surface area contributed by atoms with Crippen LogP contribution in [0.2, 0.25) is 0 Å². The van der Waals surface area contributed by atoms with Gasteiger partial charge in [0.2, 0.25) is 0 Å². The number of nitrogens with one attached hydrogen (secondary N) is 1. The van der Waals surface area contributed by atoms with Gasteiger partial charge in [0.1, 0.15) is 5.75 Å². The normalized spacial score (nSPS) is 15.8. The van der Waals surface area contributed by atoms with Crippen LogP contribution in [0.15, 0.2) is 48.7 Å². The summed E-state index contributed by atoms with van der Waals surface area (Å²) >= 11 is 0. The Labute approximate surface area is 165 Å². The zero-order valence-electron chi connectivity index (χ0n) is 16.5. The molecule has 1 amide bonds. The van der Waals surface area contributed by atoms with Gasteiger partial charge in [0.25, 0.3) is 5.91 Å². The Kier molecular flexibility index (Phi) is 4.90. The summed E-state index contributed by atoms with van der Waals surface area (Å²) in [6, 6.07) is 13.7. The summed E-state index contributed by atoms with van der Waals surface area (Å²) in [5, 5.41) is 7.81. The molecule has 1 aliphatic carbocycles. The van der Waals surface area contributed by atoms with Crippen LogP contribution in [0, 0.1) is 13.8 Å². The maximum Gasteiger partial charge on any atom is 0.251 e. The molecule has 5 nitrogen and oxygen atoms in total. The highest BCUT2D eigenvalue weighted by Crippen LogP contribution is 2.31. The molecule has 0 fully saturated rings. The first-order valence-electron chi connectivity index (χ1n) is 9.66. The molecule has 1 atom stereocenters.